The summed E-state index contributed by atoms with van der Waals surface area (Å²) in [5.74, 6) is 0. The second-order valence-corrected chi connectivity index (χ2v) is 5.63. The number of halogens is 1. The van der Waals surface area contributed by atoms with Crippen LogP contribution in [0.3, 0.4) is 0 Å². The Morgan fingerprint density at radius 3 is 3.12 bits per heavy atom. The van der Waals surface area contributed by atoms with E-state index >= 15 is 0 Å². The van der Waals surface area contributed by atoms with Gasteiger partial charge in [0.25, 0.3) is 0 Å². The average Bonchev–Trinajstić information content (AvgIpc) is 2.97. The van der Waals surface area contributed by atoms with Gasteiger partial charge >= 0.3 is 0 Å². The van der Waals surface area contributed by atoms with Crippen LogP contribution in [0.4, 0.5) is 5.13 Å². The second kappa shape index (κ2) is 4.18. The topological polar surface area (TPSA) is 34.0 Å². The third kappa shape index (κ3) is 1.87. The summed E-state index contributed by atoms with van der Waals surface area (Å²) in [5, 5.41) is 7.48. The van der Waals surface area contributed by atoms with Crippen molar-refractivity contribution in [3.8, 4) is 0 Å². The maximum Gasteiger partial charge on any atom is 0.185 e. The van der Waals surface area contributed by atoms with E-state index in [1.54, 1.807) is 11.3 Å². The van der Waals surface area contributed by atoms with Gasteiger partial charge in [0, 0.05) is 30.9 Å². The van der Waals surface area contributed by atoms with Crippen molar-refractivity contribution in [2.45, 2.75) is 12.5 Å². The molecule has 0 radical (unpaired) electrons. The fourth-order valence-electron chi connectivity index (χ4n) is 2.02. The van der Waals surface area contributed by atoms with Gasteiger partial charge < -0.3 is 4.90 Å². The Kier molecular flexibility index (Phi) is 2.69. The Balaban J connectivity index is 1.74. The van der Waals surface area contributed by atoms with E-state index in [-0.39, 0.29) is 0 Å². The first-order valence-corrected chi connectivity index (χ1v) is 6.84. The summed E-state index contributed by atoms with van der Waals surface area (Å²) in [6.07, 6.45) is 6.87. The molecule has 0 amide bonds. The first-order chi connectivity index (χ1) is 7.83. The molecular weight excluding hydrogens is 288 g/mol. The largest absolute Gasteiger partial charge is 0.346 e. The number of hydrogen-bond donors (Lipinski definition) is 0. The molecule has 4 nitrogen and oxygen atoms in total. The molecule has 1 atom stereocenters. The fraction of sp³-hybridized carbons (Fsp3) is 0.400. The lowest BCUT2D eigenvalue weighted by Gasteiger charge is -2.14. The van der Waals surface area contributed by atoms with E-state index in [0.717, 1.165) is 29.1 Å². The molecule has 1 fully saturated rings. The van der Waals surface area contributed by atoms with Gasteiger partial charge in [-0.25, -0.2) is 4.98 Å². The SMILES string of the molecule is Brc1cnn(C2CCN(c3nccs3)C2)c1. The fourth-order valence-corrected chi connectivity index (χ4v) is 3.00. The van der Waals surface area contributed by atoms with Crippen LogP contribution in [0.2, 0.25) is 0 Å². The Bertz CT molecular complexity index is 467. The van der Waals surface area contributed by atoms with Crippen molar-refractivity contribution >= 4 is 32.4 Å². The molecule has 0 aromatic carbocycles. The van der Waals surface area contributed by atoms with E-state index < -0.39 is 0 Å². The van der Waals surface area contributed by atoms with E-state index in [0.29, 0.717) is 6.04 Å². The molecule has 1 aliphatic rings. The van der Waals surface area contributed by atoms with Gasteiger partial charge in [0.1, 0.15) is 0 Å². The van der Waals surface area contributed by atoms with Crippen molar-refractivity contribution in [3.63, 3.8) is 0 Å². The lowest BCUT2D eigenvalue weighted by Crippen LogP contribution is -2.20. The molecule has 2 aromatic rings. The molecule has 0 N–H and O–H groups in total. The van der Waals surface area contributed by atoms with Crippen molar-refractivity contribution in [1.82, 2.24) is 14.8 Å². The summed E-state index contributed by atoms with van der Waals surface area (Å²) in [6, 6.07) is 0.468. The van der Waals surface area contributed by atoms with Crippen LogP contribution in [0.15, 0.2) is 28.4 Å². The first-order valence-electron chi connectivity index (χ1n) is 5.17. The van der Waals surface area contributed by atoms with Crippen LogP contribution in [-0.2, 0) is 0 Å². The molecule has 84 valence electrons. The standard InChI is InChI=1S/C10H11BrN4S/c11-8-5-13-15(6-8)9-1-3-14(7-9)10-12-2-4-16-10/h2,4-6,9H,1,3,7H2. The summed E-state index contributed by atoms with van der Waals surface area (Å²) < 4.78 is 3.08. The van der Waals surface area contributed by atoms with Crippen molar-refractivity contribution in [1.29, 1.82) is 0 Å². The minimum Gasteiger partial charge on any atom is -0.346 e. The highest BCUT2D eigenvalue weighted by atomic mass is 79.9. The van der Waals surface area contributed by atoms with Gasteiger partial charge in [-0.15, -0.1) is 11.3 Å². The molecule has 0 aliphatic carbocycles. The molecule has 1 aliphatic heterocycles. The molecular formula is C10H11BrN4S. The van der Waals surface area contributed by atoms with Gasteiger partial charge in [-0.05, 0) is 22.4 Å². The summed E-state index contributed by atoms with van der Waals surface area (Å²) in [4.78, 5) is 6.66. The molecule has 1 unspecified atom stereocenters. The van der Waals surface area contributed by atoms with Gasteiger partial charge in [-0.3, -0.25) is 4.68 Å². The predicted octanol–water partition coefficient (Wildman–Crippen LogP) is 2.55. The van der Waals surface area contributed by atoms with Crippen molar-refractivity contribution in [3.05, 3.63) is 28.4 Å². The number of thiazole rings is 1. The molecule has 2 aromatic heterocycles. The number of rotatable bonds is 2. The maximum atomic E-state index is 4.34. The third-order valence-corrected chi connectivity index (χ3v) is 4.04. The highest BCUT2D eigenvalue weighted by molar-refractivity contribution is 9.10. The molecule has 0 spiro atoms. The average molecular weight is 299 g/mol. The Morgan fingerprint density at radius 1 is 1.50 bits per heavy atom. The molecule has 6 heteroatoms. The summed E-state index contributed by atoms with van der Waals surface area (Å²) in [6.45, 7) is 2.07. The highest BCUT2D eigenvalue weighted by Crippen LogP contribution is 2.28. The Labute approximate surface area is 106 Å². The van der Waals surface area contributed by atoms with Crippen LogP contribution in [0.1, 0.15) is 12.5 Å². The maximum absolute atomic E-state index is 4.34. The number of hydrogen-bond acceptors (Lipinski definition) is 4. The normalized spacial score (nSPS) is 20.6. The first kappa shape index (κ1) is 10.3. The van der Waals surface area contributed by atoms with Crippen LogP contribution in [0.5, 0.6) is 0 Å². The molecule has 1 saturated heterocycles. The van der Waals surface area contributed by atoms with Crippen molar-refractivity contribution < 1.29 is 0 Å². The van der Waals surface area contributed by atoms with Gasteiger partial charge in [0.15, 0.2) is 5.13 Å². The van der Waals surface area contributed by atoms with E-state index in [1.165, 1.54) is 0 Å². The number of nitrogens with zero attached hydrogens (tertiary/aromatic N) is 4. The quantitative estimate of drug-likeness (QED) is 0.854. The van der Waals surface area contributed by atoms with Crippen LogP contribution in [0.25, 0.3) is 0 Å². The predicted molar refractivity (Wildman–Crippen MR) is 67.9 cm³/mol. The number of aromatic nitrogens is 3. The van der Waals surface area contributed by atoms with Crippen LogP contribution in [0, 0.1) is 0 Å². The minimum absolute atomic E-state index is 0.468. The third-order valence-electron chi connectivity index (χ3n) is 2.80. The van der Waals surface area contributed by atoms with E-state index in [9.17, 15) is 0 Å². The van der Waals surface area contributed by atoms with Gasteiger partial charge in [-0.2, -0.15) is 5.10 Å². The Morgan fingerprint density at radius 2 is 2.44 bits per heavy atom. The Hall–Kier alpha value is -0.880. The molecule has 0 saturated carbocycles. The number of anilines is 1. The van der Waals surface area contributed by atoms with Crippen molar-refractivity contribution in [2.75, 3.05) is 18.0 Å². The zero-order valence-electron chi connectivity index (χ0n) is 8.58. The lowest BCUT2D eigenvalue weighted by atomic mass is 10.3. The molecule has 0 bridgehead atoms. The van der Waals surface area contributed by atoms with E-state index in [2.05, 4.69) is 30.9 Å². The van der Waals surface area contributed by atoms with Crippen LogP contribution >= 0.6 is 27.3 Å². The second-order valence-electron chi connectivity index (χ2n) is 3.84. The lowest BCUT2D eigenvalue weighted by molar-refractivity contribution is 0.494. The van der Waals surface area contributed by atoms with Crippen LogP contribution in [-0.4, -0.2) is 27.9 Å². The van der Waals surface area contributed by atoms with Crippen molar-refractivity contribution in [2.24, 2.45) is 0 Å². The molecule has 16 heavy (non-hydrogen) atoms. The minimum atomic E-state index is 0.468. The van der Waals surface area contributed by atoms with Gasteiger partial charge in [0.05, 0.1) is 16.7 Å². The van der Waals surface area contributed by atoms with E-state index in [4.69, 9.17) is 0 Å². The van der Waals surface area contributed by atoms with E-state index in [1.807, 2.05) is 28.7 Å². The summed E-state index contributed by atoms with van der Waals surface area (Å²) >= 11 is 5.12. The van der Waals surface area contributed by atoms with Crippen LogP contribution < -0.4 is 4.90 Å². The zero-order valence-corrected chi connectivity index (χ0v) is 11.0. The van der Waals surface area contributed by atoms with Gasteiger partial charge in [0.2, 0.25) is 0 Å². The summed E-state index contributed by atoms with van der Waals surface area (Å²) in [5.41, 5.74) is 0. The highest BCUT2D eigenvalue weighted by Gasteiger charge is 2.25. The molecule has 3 heterocycles. The van der Waals surface area contributed by atoms with Gasteiger partial charge in [-0.1, -0.05) is 0 Å². The summed E-state index contributed by atoms with van der Waals surface area (Å²) in [7, 11) is 0. The smallest absolute Gasteiger partial charge is 0.185 e. The monoisotopic (exact) mass is 298 g/mol. The zero-order chi connectivity index (χ0) is 11.0. The molecule has 3 rings (SSSR count).